The summed E-state index contributed by atoms with van der Waals surface area (Å²) in [5, 5.41) is 0. The second-order valence-electron chi connectivity index (χ2n) is 17.7. The third kappa shape index (κ3) is 51.4. The Labute approximate surface area is 401 Å². The molecule has 0 aliphatic carbocycles. The van der Waals surface area contributed by atoms with Crippen molar-refractivity contribution in [3.05, 3.63) is 85.1 Å². The molecule has 0 amide bonds. The number of esters is 3. The molecule has 0 radical (unpaired) electrons. The third-order valence-electron chi connectivity index (χ3n) is 11.4. The van der Waals surface area contributed by atoms with Crippen LogP contribution in [0.15, 0.2) is 85.1 Å². The van der Waals surface area contributed by atoms with Crippen molar-refractivity contribution in [2.75, 3.05) is 13.2 Å². The summed E-state index contributed by atoms with van der Waals surface area (Å²) in [6, 6.07) is 0. The van der Waals surface area contributed by atoms with Gasteiger partial charge in [0, 0.05) is 19.3 Å². The van der Waals surface area contributed by atoms with Crippen molar-refractivity contribution < 1.29 is 28.6 Å². The molecule has 0 heterocycles. The van der Waals surface area contributed by atoms with Crippen LogP contribution < -0.4 is 0 Å². The fourth-order valence-electron chi connectivity index (χ4n) is 7.30. The van der Waals surface area contributed by atoms with Gasteiger partial charge < -0.3 is 14.2 Å². The Balaban J connectivity index is 4.46. The van der Waals surface area contributed by atoms with Crippen LogP contribution in [0.1, 0.15) is 252 Å². The van der Waals surface area contributed by atoms with Crippen LogP contribution in [-0.4, -0.2) is 37.2 Å². The van der Waals surface area contributed by atoms with Gasteiger partial charge in [-0.1, -0.05) is 215 Å². The molecule has 1 unspecified atom stereocenters. The molecule has 0 spiro atoms. The zero-order valence-electron chi connectivity index (χ0n) is 42.5. The molecule has 372 valence electrons. The van der Waals surface area contributed by atoms with Gasteiger partial charge >= 0.3 is 17.9 Å². The SMILES string of the molecule is CC/C=C\C/C=C\C/C=C\C/C=C\CCC(=O)OCC(COC(=O)CCCCCCCCC/C=C\C/C=C\CCCCC)OC(=O)CCCCCCCCC/C=C\CCCCCCCC. The number of carbonyl (C=O) groups excluding carboxylic acids is 3. The van der Waals surface area contributed by atoms with E-state index >= 15 is 0 Å². The van der Waals surface area contributed by atoms with Gasteiger partial charge in [-0.3, -0.25) is 14.4 Å². The van der Waals surface area contributed by atoms with E-state index in [1.807, 2.05) is 6.08 Å². The summed E-state index contributed by atoms with van der Waals surface area (Å²) in [5.74, 6) is -0.999. The normalized spacial score (nSPS) is 12.7. The minimum Gasteiger partial charge on any atom is -0.462 e. The first-order valence-corrected chi connectivity index (χ1v) is 27.1. The lowest BCUT2D eigenvalue weighted by atomic mass is 10.1. The number of allylic oxidation sites excluding steroid dienone is 14. The Morgan fingerprint density at radius 3 is 1.08 bits per heavy atom. The van der Waals surface area contributed by atoms with Gasteiger partial charge in [-0.2, -0.15) is 0 Å². The summed E-state index contributed by atoms with van der Waals surface area (Å²) in [5.41, 5.74) is 0. The van der Waals surface area contributed by atoms with E-state index in [2.05, 4.69) is 99.8 Å². The van der Waals surface area contributed by atoms with Gasteiger partial charge in [0.05, 0.1) is 0 Å². The average Bonchev–Trinajstić information content (AvgIpc) is 3.30. The van der Waals surface area contributed by atoms with Crippen molar-refractivity contribution in [2.45, 2.75) is 258 Å². The molecule has 0 N–H and O–H groups in total. The van der Waals surface area contributed by atoms with Crippen LogP contribution in [0.2, 0.25) is 0 Å². The molecule has 0 aliphatic heterocycles. The van der Waals surface area contributed by atoms with Gasteiger partial charge in [0.1, 0.15) is 13.2 Å². The fraction of sp³-hybridized carbons (Fsp3) is 0.712. The van der Waals surface area contributed by atoms with E-state index < -0.39 is 6.10 Å². The average molecular weight is 905 g/mol. The molecule has 0 aliphatic rings. The van der Waals surface area contributed by atoms with Crippen LogP contribution in [0.3, 0.4) is 0 Å². The molecule has 0 fully saturated rings. The van der Waals surface area contributed by atoms with Gasteiger partial charge in [0.25, 0.3) is 0 Å². The molecule has 65 heavy (non-hydrogen) atoms. The van der Waals surface area contributed by atoms with E-state index in [1.54, 1.807) is 0 Å². The molecule has 0 bridgehead atoms. The largest absolute Gasteiger partial charge is 0.462 e. The van der Waals surface area contributed by atoms with Crippen molar-refractivity contribution in [1.82, 2.24) is 0 Å². The minimum atomic E-state index is -0.811. The Kier molecular flexibility index (Phi) is 50.4. The van der Waals surface area contributed by atoms with Crippen molar-refractivity contribution in [3.63, 3.8) is 0 Å². The molecule has 6 heteroatoms. The third-order valence-corrected chi connectivity index (χ3v) is 11.4. The molecule has 6 nitrogen and oxygen atoms in total. The summed E-state index contributed by atoms with van der Waals surface area (Å²) in [6.07, 6.45) is 68.7. The highest BCUT2D eigenvalue weighted by molar-refractivity contribution is 5.71. The second-order valence-corrected chi connectivity index (χ2v) is 17.7. The number of carbonyl (C=O) groups is 3. The lowest BCUT2D eigenvalue weighted by Crippen LogP contribution is -2.30. The molecule has 0 rings (SSSR count). The number of unbranched alkanes of at least 4 members (excludes halogenated alkanes) is 23. The number of rotatable bonds is 48. The minimum absolute atomic E-state index is 0.105. The maximum absolute atomic E-state index is 12.8. The Morgan fingerprint density at radius 2 is 0.631 bits per heavy atom. The standard InChI is InChI=1S/C59H100O6/c1-4-7-10-13-16-19-22-25-27-29-31-34-37-40-43-46-49-52-58(61)64-55-56(54-63-57(60)51-48-45-42-39-36-33-24-21-18-15-12-9-6-3)65-59(62)53-50-47-44-41-38-35-32-30-28-26-23-20-17-14-11-8-5-2/h9,12,16,18-19,21,25-28,33,36,42,45,56H,4-8,10-11,13-15,17,20,22-24,29-32,34-35,37-41,43-44,46-55H2,1-3H3/b12-9-,19-16-,21-18-,27-25-,28-26-,36-33-,45-42-. The maximum atomic E-state index is 12.8. The van der Waals surface area contributed by atoms with E-state index in [-0.39, 0.29) is 37.5 Å². The van der Waals surface area contributed by atoms with Gasteiger partial charge in [-0.25, -0.2) is 0 Å². The molecular formula is C59H100O6. The molecule has 0 aromatic carbocycles. The first kappa shape index (κ1) is 61.6. The summed E-state index contributed by atoms with van der Waals surface area (Å²) in [6.45, 7) is 6.42. The highest BCUT2D eigenvalue weighted by Gasteiger charge is 2.19. The first-order valence-electron chi connectivity index (χ1n) is 27.1. The Bertz CT molecular complexity index is 1270. The van der Waals surface area contributed by atoms with Crippen LogP contribution in [-0.2, 0) is 28.6 Å². The molecule has 0 saturated heterocycles. The molecule has 0 saturated carbocycles. The van der Waals surface area contributed by atoms with Crippen molar-refractivity contribution in [2.24, 2.45) is 0 Å². The highest BCUT2D eigenvalue weighted by atomic mass is 16.6. The summed E-state index contributed by atoms with van der Waals surface area (Å²) >= 11 is 0. The zero-order valence-corrected chi connectivity index (χ0v) is 42.5. The van der Waals surface area contributed by atoms with Gasteiger partial charge in [0.2, 0.25) is 0 Å². The predicted molar refractivity (Wildman–Crippen MR) is 279 cm³/mol. The van der Waals surface area contributed by atoms with E-state index in [1.165, 1.54) is 128 Å². The smallest absolute Gasteiger partial charge is 0.306 e. The molecular weight excluding hydrogens is 805 g/mol. The number of hydrogen-bond donors (Lipinski definition) is 0. The van der Waals surface area contributed by atoms with E-state index in [9.17, 15) is 14.4 Å². The summed E-state index contributed by atoms with van der Waals surface area (Å²) < 4.78 is 16.7. The fourth-order valence-corrected chi connectivity index (χ4v) is 7.30. The number of ether oxygens (including phenoxy) is 3. The van der Waals surface area contributed by atoms with Crippen LogP contribution in [0.25, 0.3) is 0 Å². The Hall–Kier alpha value is -3.41. The molecule has 0 aromatic heterocycles. The molecule has 0 aromatic rings. The predicted octanol–water partition coefficient (Wildman–Crippen LogP) is 18.0. The topological polar surface area (TPSA) is 78.9 Å². The maximum Gasteiger partial charge on any atom is 0.306 e. The van der Waals surface area contributed by atoms with Crippen LogP contribution in [0, 0.1) is 0 Å². The molecule has 1 atom stereocenters. The Morgan fingerprint density at radius 1 is 0.323 bits per heavy atom. The van der Waals surface area contributed by atoms with Gasteiger partial charge in [0.15, 0.2) is 6.10 Å². The van der Waals surface area contributed by atoms with Crippen LogP contribution in [0.5, 0.6) is 0 Å². The van der Waals surface area contributed by atoms with Gasteiger partial charge in [-0.05, 0) is 103 Å². The van der Waals surface area contributed by atoms with Gasteiger partial charge in [-0.15, -0.1) is 0 Å². The van der Waals surface area contributed by atoms with Crippen molar-refractivity contribution in [1.29, 1.82) is 0 Å². The lowest BCUT2D eigenvalue weighted by molar-refractivity contribution is -0.166. The first-order chi connectivity index (χ1) is 32.0. The highest BCUT2D eigenvalue weighted by Crippen LogP contribution is 2.14. The van der Waals surface area contributed by atoms with Crippen LogP contribution in [0.4, 0.5) is 0 Å². The van der Waals surface area contributed by atoms with E-state index in [4.69, 9.17) is 14.2 Å². The summed E-state index contributed by atoms with van der Waals surface area (Å²) in [4.78, 5) is 38.0. The number of hydrogen-bond acceptors (Lipinski definition) is 6. The second kappa shape index (κ2) is 53.2. The monoisotopic (exact) mass is 905 g/mol. The lowest BCUT2D eigenvalue weighted by Gasteiger charge is -2.18. The van der Waals surface area contributed by atoms with E-state index in [0.29, 0.717) is 19.3 Å². The van der Waals surface area contributed by atoms with E-state index in [0.717, 1.165) is 77.0 Å². The summed E-state index contributed by atoms with van der Waals surface area (Å²) in [7, 11) is 0. The van der Waals surface area contributed by atoms with Crippen molar-refractivity contribution in [3.8, 4) is 0 Å². The van der Waals surface area contributed by atoms with Crippen LogP contribution >= 0.6 is 0 Å². The quantitative estimate of drug-likeness (QED) is 0.0262. The zero-order chi connectivity index (χ0) is 47.2. The van der Waals surface area contributed by atoms with Crippen molar-refractivity contribution >= 4 is 17.9 Å².